The van der Waals surface area contributed by atoms with Crippen LogP contribution in [-0.4, -0.2) is 13.7 Å². The fraction of sp³-hybridized carbons (Fsp3) is 0.684. The average Bonchev–Trinajstić information content (AvgIpc) is 2.50. The lowest BCUT2D eigenvalue weighted by molar-refractivity contribution is 0.395. The van der Waals surface area contributed by atoms with Crippen LogP contribution in [0.4, 0.5) is 0 Å². The number of nitrogens with one attached hydrogen (secondary N) is 1. The summed E-state index contributed by atoms with van der Waals surface area (Å²) in [6, 6.07) is 8.74. The molecule has 0 aliphatic rings. The summed E-state index contributed by atoms with van der Waals surface area (Å²) in [6.45, 7) is 7.94. The fourth-order valence-electron chi connectivity index (χ4n) is 2.74. The third-order valence-electron chi connectivity index (χ3n) is 4.02. The van der Waals surface area contributed by atoms with Crippen LogP contribution in [0.25, 0.3) is 0 Å². The Labute approximate surface area is 131 Å². The Bertz CT molecular complexity index is 376. The van der Waals surface area contributed by atoms with E-state index in [1.165, 1.54) is 37.7 Å². The molecule has 21 heavy (non-hydrogen) atoms. The van der Waals surface area contributed by atoms with E-state index in [1.54, 1.807) is 7.11 Å². The third-order valence-corrected chi connectivity index (χ3v) is 4.02. The number of hydrogen-bond donors (Lipinski definition) is 1. The van der Waals surface area contributed by atoms with Crippen molar-refractivity contribution in [3.8, 4) is 5.75 Å². The van der Waals surface area contributed by atoms with Crippen LogP contribution >= 0.6 is 0 Å². The standard InChI is InChI=1S/C19H33NO/c1-5-18(17-13-9-10-14-19(17)21-4)20-15-11-7-6-8-12-16(2)3/h9-10,13-14,16,18,20H,5-8,11-12,15H2,1-4H3. The van der Waals surface area contributed by atoms with E-state index < -0.39 is 0 Å². The van der Waals surface area contributed by atoms with E-state index in [-0.39, 0.29) is 0 Å². The lowest BCUT2D eigenvalue weighted by Crippen LogP contribution is -2.22. The maximum atomic E-state index is 5.47. The molecule has 0 fully saturated rings. The third kappa shape index (κ3) is 6.99. The van der Waals surface area contributed by atoms with Gasteiger partial charge in [0.15, 0.2) is 0 Å². The summed E-state index contributed by atoms with van der Waals surface area (Å²) in [5.41, 5.74) is 1.28. The van der Waals surface area contributed by atoms with E-state index >= 15 is 0 Å². The van der Waals surface area contributed by atoms with Crippen LogP contribution in [-0.2, 0) is 0 Å². The van der Waals surface area contributed by atoms with Crippen LogP contribution in [0, 0.1) is 5.92 Å². The number of methoxy groups -OCH3 is 1. The first-order valence-corrected chi connectivity index (χ1v) is 8.55. The monoisotopic (exact) mass is 291 g/mol. The van der Waals surface area contributed by atoms with Crippen LogP contribution in [0.3, 0.4) is 0 Å². The van der Waals surface area contributed by atoms with Crippen molar-refractivity contribution < 1.29 is 4.74 Å². The van der Waals surface area contributed by atoms with Crippen LogP contribution < -0.4 is 10.1 Å². The van der Waals surface area contributed by atoms with Gasteiger partial charge in [-0.1, -0.05) is 64.7 Å². The number of rotatable bonds is 11. The molecular weight excluding hydrogens is 258 g/mol. The van der Waals surface area contributed by atoms with Crippen molar-refractivity contribution in [2.45, 2.75) is 65.3 Å². The van der Waals surface area contributed by atoms with E-state index in [2.05, 4.69) is 38.2 Å². The SMILES string of the molecule is CCC(NCCCCCCC(C)C)c1ccccc1OC. The molecule has 120 valence electrons. The normalized spacial score (nSPS) is 12.6. The van der Waals surface area contributed by atoms with Crippen LogP contribution in [0.1, 0.15) is 70.9 Å². The highest BCUT2D eigenvalue weighted by molar-refractivity contribution is 5.35. The van der Waals surface area contributed by atoms with Crippen molar-refractivity contribution in [3.05, 3.63) is 29.8 Å². The summed E-state index contributed by atoms with van der Waals surface area (Å²) < 4.78 is 5.47. The highest BCUT2D eigenvalue weighted by atomic mass is 16.5. The molecule has 0 spiro atoms. The Kier molecular flexibility index (Phi) is 9.16. The molecule has 0 bridgehead atoms. The molecule has 0 amide bonds. The van der Waals surface area contributed by atoms with Gasteiger partial charge >= 0.3 is 0 Å². The second-order valence-corrected chi connectivity index (χ2v) is 6.25. The Balaban J connectivity index is 2.28. The molecule has 1 unspecified atom stereocenters. The van der Waals surface area contributed by atoms with Crippen LogP contribution in [0.15, 0.2) is 24.3 Å². The van der Waals surface area contributed by atoms with Crippen molar-refractivity contribution in [3.63, 3.8) is 0 Å². The van der Waals surface area contributed by atoms with E-state index in [4.69, 9.17) is 4.74 Å². The summed E-state index contributed by atoms with van der Waals surface area (Å²) >= 11 is 0. The van der Waals surface area contributed by atoms with E-state index in [0.29, 0.717) is 6.04 Å². The van der Waals surface area contributed by atoms with E-state index in [0.717, 1.165) is 24.6 Å². The summed E-state index contributed by atoms with van der Waals surface area (Å²) in [5.74, 6) is 1.84. The number of hydrogen-bond acceptors (Lipinski definition) is 2. The van der Waals surface area contributed by atoms with E-state index in [1.807, 2.05) is 12.1 Å². The highest BCUT2D eigenvalue weighted by Gasteiger charge is 2.12. The van der Waals surface area contributed by atoms with Crippen LogP contribution in [0.5, 0.6) is 5.75 Å². The van der Waals surface area contributed by atoms with Crippen LogP contribution in [0.2, 0.25) is 0 Å². The summed E-state index contributed by atoms with van der Waals surface area (Å²) in [7, 11) is 1.75. The topological polar surface area (TPSA) is 21.3 Å². The van der Waals surface area contributed by atoms with Crippen molar-refractivity contribution in [2.75, 3.05) is 13.7 Å². The number of para-hydroxylation sites is 1. The predicted molar refractivity (Wildman–Crippen MR) is 92.0 cm³/mol. The average molecular weight is 291 g/mol. The molecule has 1 N–H and O–H groups in total. The van der Waals surface area contributed by atoms with E-state index in [9.17, 15) is 0 Å². The minimum Gasteiger partial charge on any atom is -0.496 e. The van der Waals surface area contributed by atoms with Crippen molar-refractivity contribution in [2.24, 2.45) is 5.92 Å². The second kappa shape index (κ2) is 10.7. The maximum Gasteiger partial charge on any atom is 0.123 e. The Hall–Kier alpha value is -1.02. The van der Waals surface area contributed by atoms with Crippen molar-refractivity contribution in [1.29, 1.82) is 0 Å². The molecule has 0 saturated heterocycles. The van der Waals surface area contributed by atoms with Gasteiger partial charge in [0.05, 0.1) is 7.11 Å². The first kappa shape index (κ1) is 18.0. The van der Waals surface area contributed by atoms with Crippen molar-refractivity contribution in [1.82, 2.24) is 5.32 Å². The summed E-state index contributed by atoms with van der Waals surface area (Å²) in [6.07, 6.45) is 7.80. The van der Waals surface area contributed by atoms with Gasteiger partial charge in [-0.15, -0.1) is 0 Å². The zero-order valence-electron chi connectivity index (χ0n) is 14.3. The maximum absolute atomic E-state index is 5.47. The number of unbranched alkanes of at least 4 members (excludes halogenated alkanes) is 3. The Morgan fingerprint density at radius 2 is 1.76 bits per heavy atom. The zero-order chi connectivity index (χ0) is 15.5. The van der Waals surface area contributed by atoms with Gasteiger partial charge in [-0.3, -0.25) is 0 Å². The fourth-order valence-corrected chi connectivity index (χ4v) is 2.74. The first-order valence-electron chi connectivity index (χ1n) is 8.55. The predicted octanol–water partition coefficient (Wildman–Crippen LogP) is 5.34. The summed E-state index contributed by atoms with van der Waals surface area (Å²) in [5, 5.41) is 3.68. The molecule has 0 aliphatic heterocycles. The van der Waals surface area contributed by atoms with Gasteiger partial charge in [0.2, 0.25) is 0 Å². The van der Waals surface area contributed by atoms with Gasteiger partial charge < -0.3 is 10.1 Å². The minimum atomic E-state index is 0.400. The molecule has 0 heterocycles. The first-order chi connectivity index (χ1) is 10.2. The van der Waals surface area contributed by atoms with Gasteiger partial charge in [0.1, 0.15) is 5.75 Å². The lowest BCUT2D eigenvalue weighted by atomic mass is 10.0. The molecule has 1 atom stereocenters. The lowest BCUT2D eigenvalue weighted by Gasteiger charge is -2.20. The van der Waals surface area contributed by atoms with Gasteiger partial charge in [-0.05, 0) is 31.4 Å². The molecule has 1 aromatic carbocycles. The molecule has 0 saturated carbocycles. The van der Waals surface area contributed by atoms with Gasteiger partial charge in [-0.2, -0.15) is 0 Å². The minimum absolute atomic E-state index is 0.400. The molecule has 2 nitrogen and oxygen atoms in total. The molecule has 0 aliphatic carbocycles. The largest absolute Gasteiger partial charge is 0.496 e. The molecule has 0 aromatic heterocycles. The Morgan fingerprint density at radius 3 is 2.43 bits per heavy atom. The molecule has 2 heteroatoms. The quantitative estimate of drug-likeness (QED) is 0.555. The summed E-state index contributed by atoms with van der Waals surface area (Å²) in [4.78, 5) is 0. The number of benzene rings is 1. The highest BCUT2D eigenvalue weighted by Crippen LogP contribution is 2.26. The van der Waals surface area contributed by atoms with Gasteiger partial charge in [-0.25, -0.2) is 0 Å². The van der Waals surface area contributed by atoms with Gasteiger partial charge in [0.25, 0.3) is 0 Å². The molecule has 1 aromatic rings. The molecule has 1 rings (SSSR count). The number of ether oxygens (including phenoxy) is 1. The molecule has 0 radical (unpaired) electrons. The smallest absolute Gasteiger partial charge is 0.123 e. The van der Waals surface area contributed by atoms with Crippen molar-refractivity contribution >= 4 is 0 Å². The Morgan fingerprint density at radius 1 is 1.05 bits per heavy atom. The second-order valence-electron chi connectivity index (χ2n) is 6.25. The molecular formula is C19H33NO. The van der Waals surface area contributed by atoms with Gasteiger partial charge in [0, 0.05) is 11.6 Å². The zero-order valence-corrected chi connectivity index (χ0v) is 14.3.